The van der Waals surface area contributed by atoms with Crippen LogP contribution in [0.2, 0.25) is 0 Å². The maximum absolute atomic E-state index is 11.0. The molecule has 1 aromatic rings. The van der Waals surface area contributed by atoms with E-state index in [0.29, 0.717) is 13.0 Å². The zero-order valence-corrected chi connectivity index (χ0v) is 12.2. The van der Waals surface area contributed by atoms with Gasteiger partial charge in [-0.3, -0.25) is 10.1 Å². The number of carboxylic acids is 1. The van der Waals surface area contributed by atoms with Gasteiger partial charge in [0.15, 0.2) is 0 Å². The molecule has 0 bridgehead atoms. The van der Waals surface area contributed by atoms with Crippen LogP contribution < -0.4 is 10.1 Å². The van der Waals surface area contributed by atoms with Crippen molar-refractivity contribution in [3.63, 3.8) is 0 Å². The largest absolute Gasteiger partial charge is 0.494 e. The van der Waals surface area contributed by atoms with Crippen molar-refractivity contribution in [2.24, 2.45) is 0 Å². The molecule has 0 aliphatic carbocycles. The second-order valence-electron chi connectivity index (χ2n) is 4.70. The van der Waals surface area contributed by atoms with E-state index in [4.69, 9.17) is 9.84 Å². The number of benzene rings is 1. The quantitative estimate of drug-likeness (QED) is 0.679. The van der Waals surface area contributed by atoms with Gasteiger partial charge in [-0.15, -0.1) is 0 Å². The van der Waals surface area contributed by atoms with E-state index >= 15 is 0 Å². The molecule has 0 fully saturated rings. The Labute approximate surface area is 119 Å². The first-order valence-corrected chi connectivity index (χ1v) is 6.89. The number of carbonyl (C=O) groups is 1. The van der Waals surface area contributed by atoms with Gasteiger partial charge in [0.2, 0.25) is 0 Å². The van der Waals surface area contributed by atoms with E-state index < -0.39 is 18.1 Å². The van der Waals surface area contributed by atoms with Gasteiger partial charge >= 0.3 is 5.97 Å². The Morgan fingerprint density at radius 2 is 1.90 bits per heavy atom. The molecule has 20 heavy (non-hydrogen) atoms. The zero-order valence-electron chi connectivity index (χ0n) is 12.2. The lowest BCUT2D eigenvalue weighted by Crippen LogP contribution is -2.44. The lowest BCUT2D eigenvalue weighted by molar-refractivity contribution is -0.140. The van der Waals surface area contributed by atoms with Crippen molar-refractivity contribution in [1.29, 1.82) is 0 Å². The molecule has 0 spiro atoms. The van der Waals surface area contributed by atoms with Gasteiger partial charge in [-0.05, 0) is 38.0 Å². The summed E-state index contributed by atoms with van der Waals surface area (Å²) in [5.41, 5.74) is 0.730. The van der Waals surface area contributed by atoms with Crippen LogP contribution in [0.5, 0.6) is 5.75 Å². The first-order valence-electron chi connectivity index (χ1n) is 6.89. The van der Waals surface area contributed by atoms with Crippen LogP contribution in [-0.4, -0.2) is 34.9 Å². The molecule has 3 unspecified atom stereocenters. The van der Waals surface area contributed by atoms with Gasteiger partial charge in [0.1, 0.15) is 11.8 Å². The molecule has 112 valence electrons. The van der Waals surface area contributed by atoms with Gasteiger partial charge < -0.3 is 14.9 Å². The van der Waals surface area contributed by atoms with E-state index in [9.17, 15) is 9.90 Å². The number of rotatable bonds is 8. The summed E-state index contributed by atoms with van der Waals surface area (Å²) in [5, 5.41) is 22.2. The summed E-state index contributed by atoms with van der Waals surface area (Å²) >= 11 is 0. The molecular formula is C15H23NO4. The van der Waals surface area contributed by atoms with Crippen molar-refractivity contribution in [3.8, 4) is 5.75 Å². The number of ether oxygens (including phenoxy) is 1. The molecule has 5 heteroatoms. The molecule has 0 amide bonds. The number of aliphatic hydroxyl groups is 1. The minimum Gasteiger partial charge on any atom is -0.494 e. The Bertz CT molecular complexity index is 418. The van der Waals surface area contributed by atoms with Gasteiger partial charge in [0.05, 0.1) is 12.7 Å². The third-order valence-electron chi connectivity index (χ3n) is 3.18. The molecule has 3 atom stereocenters. The fourth-order valence-corrected chi connectivity index (χ4v) is 1.99. The van der Waals surface area contributed by atoms with E-state index in [0.717, 1.165) is 11.3 Å². The summed E-state index contributed by atoms with van der Waals surface area (Å²) in [5.74, 6) is -0.153. The number of hydrogen-bond acceptors (Lipinski definition) is 4. The van der Waals surface area contributed by atoms with Crippen molar-refractivity contribution in [3.05, 3.63) is 29.8 Å². The Morgan fingerprint density at radius 3 is 2.35 bits per heavy atom. The van der Waals surface area contributed by atoms with E-state index in [1.807, 2.05) is 6.92 Å². The standard InChI is InChI=1S/C15H23NO4/c1-4-13(15(18)19)16-10(3)14(17)11-6-8-12(9-7-11)20-5-2/h6-10,13-14,16-17H,4-5H2,1-3H3,(H,18,19). The maximum atomic E-state index is 11.0. The summed E-state index contributed by atoms with van der Waals surface area (Å²) < 4.78 is 5.34. The number of aliphatic hydroxyl groups excluding tert-OH is 1. The monoisotopic (exact) mass is 281 g/mol. The average Bonchev–Trinajstić information content (AvgIpc) is 2.44. The van der Waals surface area contributed by atoms with Crippen LogP contribution in [0.3, 0.4) is 0 Å². The Hall–Kier alpha value is -1.59. The molecule has 0 aliphatic rings. The molecule has 0 aliphatic heterocycles. The van der Waals surface area contributed by atoms with Crippen LogP contribution in [0.4, 0.5) is 0 Å². The van der Waals surface area contributed by atoms with E-state index in [-0.39, 0.29) is 6.04 Å². The fraction of sp³-hybridized carbons (Fsp3) is 0.533. The van der Waals surface area contributed by atoms with Crippen molar-refractivity contribution in [2.75, 3.05) is 6.61 Å². The van der Waals surface area contributed by atoms with Crippen LogP contribution in [0.25, 0.3) is 0 Å². The number of nitrogens with one attached hydrogen (secondary N) is 1. The number of aliphatic carboxylic acids is 1. The molecule has 0 saturated carbocycles. The summed E-state index contributed by atoms with van der Waals surface area (Å²) in [4.78, 5) is 11.0. The SMILES string of the molecule is CCOc1ccc(C(O)C(C)NC(CC)C(=O)O)cc1. The van der Waals surface area contributed by atoms with Gasteiger partial charge in [-0.1, -0.05) is 19.1 Å². The molecule has 0 heterocycles. The predicted molar refractivity (Wildman–Crippen MR) is 76.9 cm³/mol. The second-order valence-corrected chi connectivity index (χ2v) is 4.70. The van der Waals surface area contributed by atoms with Gasteiger partial charge in [-0.2, -0.15) is 0 Å². The van der Waals surface area contributed by atoms with Crippen molar-refractivity contribution in [1.82, 2.24) is 5.32 Å². The normalized spacial score (nSPS) is 15.4. The highest BCUT2D eigenvalue weighted by atomic mass is 16.5. The average molecular weight is 281 g/mol. The van der Waals surface area contributed by atoms with Crippen LogP contribution in [-0.2, 0) is 4.79 Å². The zero-order chi connectivity index (χ0) is 15.1. The van der Waals surface area contributed by atoms with Crippen LogP contribution >= 0.6 is 0 Å². The molecule has 1 rings (SSSR count). The minimum atomic E-state index is -0.904. The minimum absolute atomic E-state index is 0.353. The first kappa shape index (κ1) is 16.5. The molecule has 1 aromatic carbocycles. The smallest absolute Gasteiger partial charge is 0.320 e. The van der Waals surface area contributed by atoms with Crippen LogP contribution in [0, 0.1) is 0 Å². The number of hydrogen-bond donors (Lipinski definition) is 3. The fourth-order valence-electron chi connectivity index (χ4n) is 1.99. The van der Waals surface area contributed by atoms with Crippen molar-refractivity contribution in [2.45, 2.75) is 45.4 Å². The van der Waals surface area contributed by atoms with Gasteiger partial charge in [0, 0.05) is 6.04 Å². The highest BCUT2D eigenvalue weighted by Gasteiger charge is 2.22. The lowest BCUT2D eigenvalue weighted by atomic mass is 10.0. The molecule has 3 N–H and O–H groups in total. The molecule has 0 saturated heterocycles. The Kier molecular flexibility index (Phi) is 6.48. The Balaban J connectivity index is 2.68. The lowest BCUT2D eigenvalue weighted by Gasteiger charge is -2.24. The molecular weight excluding hydrogens is 258 g/mol. The highest BCUT2D eigenvalue weighted by molar-refractivity contribution is 5.73. The topological polar surface area (TPSA) is 78.8 Å². The summed E-state index contributed by atoms with van der Waals surface area (Å²) in [6, 6.07) is 6.16. The summed E-state index contributed by atoms with van der Waals surface area (Å²) in [6.45, 7) is 6.07. The summed E-state index contributed by atoms with van der Waals surface area (Å²) in [6.07, 6.45) is -0.297. The highest BCUT2D eigenvalue weighted by Crippen LogP contribution is 2.20. The molecule has 0 radical (unpaired) electrons. The Morgan fingerprint density at radius 1 is 1.30 bits per heavy atom. The van der Waals surface area contributed by atoms with E-state index in [1.54, 1.807) is 38.1 Å². The van der Waals surface area contributed by atoms with E-state index in [2.05, 4.69) is 5.32 Å². The van der Waals surface area contributed by atoms with Gasteiger partial charge in [-0.25, -0.2) is 0 Å². The third kappa shape index (κ3) is 4.51. The van der Waals surface area contributed by atoms with Crippen LogP contribution in [0.15, 0.2) is 24.3 Å². The van der Waals surface area contributed by atoms with E-state index in [1.165, 1.54) is 0 Å². The second kappa shape index (κ2) is 7.87. The molecule has 0 aromatic heterocycles. The predicted octanol–water partition coefficient (Wildman–Crippen LogP) is 1.96. The van der Waals surface area contributed by atoms with Gasteiger partial charge in [0.25, 0.3) is 0 Å². The van der Waals surface area contributed by atoms with Crippen molar-refractivity contribution >= 4 is 5.97 Å². The first-order chi connectivity index (χ1) is 9.49. The number of carboxylic acid groups (broad SMARTS) is 1. The summed E-state index contributed by atoms with van der Waals surface area (Å²) in [7, 11) is 0. The van der Waals surface area contributed by atoms with Crippen LogP contribution in [0.1, 0.15) is 38.9 Å². The third-order valence-corrected chi connectivity index (χ3v) is 3.18. The van der Waals surface area contributed by atoms with Crippen molar-refractivity contribution < 1.29 is 19.7 Å². The molecule has 5 nitrogen and oxygen atoms in total. The maximum Gasteiger partial charge on any atom is 0.320 e.